The normalized spacial score (nSPS) is 19.7. The van der Waals surface area contributed by atoms with Gasteiger partial charge in [-0.05, 0) is 44.4 Å². The lowest BCUT2D eigenvalue weighted by molar-refractivity contribution is 0.0601. The lowest BCUT2D eigenvalue weighted by Gasteiger charge is -2.40. The van der Waals surface area contributed by atoms with E-state index in [-0.39, 0.29) is 18.0 Å². The molecular formula is C21H24N4O. The van der Waals surface area contributed by atoms with E-state index in [1.54, 1.807) is 17.2 Å². The van der Waals surface area contributed by atoms with Crippen LogP contribution >= 0.6 is 0 Å². The van der Waals surface area contributed by atoms with E-state index in [2.05, 4.69) is 36.4 Å². The highest BCUT2D eigenvalue weighted by atomic mass is 16.2. The van der Waals surface area contributed by atoms with Crippen molar-refractivity contribution in [1.82, 2.24) is 19.7 Å². The molecule has 0 N–H and O–H groups in total. The smallest absolute Gasteiger partial charge is 0.254 e. The number of amides is 1. The zero-order chi connectivity index (χ0) is 18.5. The first-order valence-electron chi connectivity index (χ1n) is 8.81. The van der Waals surface area contributed by atoms with E-state index < -0.39 is 0 Å². The topological polar surface area (TPSA) is 51.0 Å². The van der Waals surface area contributed by atoms with Gasteiger partial charge in [0.15, 0.2) is 0 Å². The summed E-state index contributed by atoms with van der Waals surface area (Å²) in [6.45, 7) is 9.86. The molecule has 26 heavy (non-hydrogen) atoms. The third-order valence-corrected chi connectivity index (χ3v) is 4.68. The maximum absolute atomic E-state index is 13.4. The second kappa shape index (κ2) is 7.95. The molecule has 0 radical (unpaired) electrons. The molecule has 0 unspecified atom stereocenters. The fourth-order valence-electron chi connectivity index (χ4n) is 3.56. The van der Waals surface area contributed by atoms with Crippen LogP contribution in [-0.2, 0) is 0 Å². The number of aromatic nitrogens is 3. The molecule has 1 aliphatic heterocycles. The van der Waals surface area contributed by atoms with Crippen LogP contribution in [0.5, 0.6) is 0 Å². The van der Waals surface area contributed by atoms with Crippen LogP contribution in [0.3, 0.4) is 0 Å². The summed E-state index contributed by atoms with van der Waals surface area (Å²) in [5.41, 5.74) is 2.84. The van der Waals surface area contributed by atoms with Crippen molar-refractivity contribution in [3.05, 3.63) is 79.4 Å². The Balaban J connectivity index is 1.96. The number of rotatable bonds is 6. The van der Waals surface area contributed by atoms with Crippen LogP contribution in [0, 0.1) is 0 Å². The van der Waals surface area contributed by atoms with E-state index in [4.69, 9.17) is 0 Å². The molecular weight excluding hydrogens is 324 g/mol. The molecule has 1 aromatic heterocycles. The zero-order valence-electron chi connectivity index (χ0n) is 15.1. The number of benzene rings is 1. The largest absolute Gasteiger partial charge is 0.328 e. The fourth-order valence-corrected chi connectivity index (χ4v) is 3.56. The van der Waals surface area contributed by atoms with Crippen LogP contribution < -0.4 is 0 Å². The number of carbonyl (C=O) groups excluding carboxylic acids is 1. The second-order valence-corrected chi connectivity index (χ2v) is 6.62. The van der Waals surface area contributed by atoms with Crippen molar-refractivity contribution in [2.24, 2.45) is 0 Å². The highest BCUT2D eigenvalue weighted by Crippen LogP contribution is 2.29. The van der Waals surface area contributed by atoms with Gasteiger partial charge in [-0.2, -0.15) is 0 Å². The predicted molar refractivity (Wildman–Crippen MR) is 103 cm³/mol. The quantitative estimate of drug-likeness (QED) is 0.743. The Kier molecular flexibility index (Phi) is 5.46. The van der Waals surface area contributed by atoms with Crippen molar-refractivity contribution in [1.29, 1.82) is 0 Å². The summed E-state index contributed by atoms with van der Waals surface area (Å²) in [6.07, 6.45) is 11.6. The molecule has 1 aliphatic rings. The van der Waals surface area contributed by atoms with Gasteiger partial charge < -0.3 is 4.90 Å². The van der Waals surface area contributed by atoms with Crippen molar-refractivity contribution in [2.45, 2.75) is 38.3 Å². The average molecular weight is 348 g/mol. The van der Waals surface area contributed by atoms with E-state index in [0.29, 0.717) is 5.56 Å². The van der Waals surface area contributed by atoms with E-state index in [1.165, 1.54) is 5.57 Å². The van der Waals surface area contributed by atoms with Crippen molar-refractivity contribution < 1.29 is 4.79 Å². The number of hydrogen-bond donors (Lipinski definition) is 0. The highest BCUT2D eigenvalue weighted by molar-refractivity contribution is 5.95. The summed E-state index contributed by atoms with van der Waals surface area (Å²) in [7, 11) is 0. The SMILES string of the molecule is C=CC[C@@H]1CC(C)=C[C@@H](CC=C)N1C(=O)c1cccc(-n2cnnc2)c1. The monoisotopic (exact) mass is 348 g/mol. The second-order valence-electron chi connectivity index (χ2n) is 6.62. The van der Waals surface area contributed by atoms with Crippen molar-refractivity contribution in [2.75, 3.05) is 0 Å². The Morgan fingerprint density at radius 1 is 1.23 bits per heavy atom. The first-order chi connectivity index (χ1) is 12.6. The summed E-state index contributed by atoms with van der Waals surface area (Å²) >= 11 is 0. The van der Waals surface area contributed by atoms with Crippen LogP contribution in [0.4, 0.5) is 0 Å². The van der Waals surface area contributed by atoms with E-state index in [0.717, 1.165) is 24.9 Å². The molecule has 5 heteroatoms. The maximum atomic E-state index is 13.4. The van der Waals surface area contributed by atoms with Crippen LogP contribution in [0.1, 0.15) is 36.5 Å². The average Bonchev–Trinajstić information content (AvgIpc) is 3.16. The molecule has 3 rings (SSSR count). The molecule has 1 aromatic carbocycles. The lowest BCUT2D eigenvalue weighted by Crippen LogP contribution is -2.48. The molecule has 0 fully saturated rings. The number of hydrogen-bond acceptors (Lipinski definition) is 3. The third-order valence-electron chi connectivity index (χ3n) is 4.68. The van der Waals surface area contributed by atoms with Crippen molar-refractivity contribution in [3.8, 4) is 5.69 Å². The minimum Gasteiger partial charge on any atom is -0.328 e. The highest BCUT2D eigenvalue weighted by Gasteiger charge is 2.32. The molecule has 1 amide bonds. The minimum absolute atomic E-state index is 0.0252. The first-order valence-corrected chi connectivity index (χ1v) is 8.81. The molecule has 0 saturated carbocycles. The Labute approximate surface area is 154 Å². The molecule has 0 spiro atoms. The summed E-state index contributed by atoms with van der Waals surface area (Å²) in [5.74, 6) is 0.0300. The van der Waals surface area contributed by atoms with Gasteiger partial charge in [-0.1, -0.05) is 29.9 Å². The maximum Gasteiger partial charge on any atom is 0.254 e. The van der Waals surface area contributed by atoms with Gasteiger partial charge in [0.2, 0.25) is 0 Å². The third kappa shape index (κ3) is 3.67. The molecule has 5 nitrogen and oxygen atoms in total. The van der Waals surface area contributed by atoms with Crippen LogP contribution in [0.25, 0.3) is 5.69 Å². The summed E-state index contributed by atoms with van der Waals surface area (Å²) < 4.78 is 1.79. The van der Waals surface area contributed by atoms with Crippen molar-refractivity contribution >= 4 is 5.91 Å². The van der Waals surface area contributed by atoms with Gasteiger partial charge in [0.05, 0.1) is 6.04 Å². The number of carbonyl (C=O) groups is 1. The number of nitrogens with zero attached hydrogens (tertiary/aromatic N) is 4. The molecule has 134 valence electrons. The van der Waals surface area contributed by atoms with Gasteiger partial charge >= 0.3 is 0 Å². The molecule has 2 aromatic rings. The van der Waals surface area contributed by atoms with E-state index in [9.17, 15) is 4.79 Å². The van der Waals surface area contributed by atoms with E-state index >= 15 is 0 Å². The molecule has 0 bridgehead atoms. The summed E-state index contributed by atoms with van der Waals surface area (Å²) in [4.78, 5) is 15.4. The molecule has 2 heterocycles. The van der Waals surface area contributed by atoms with Crippen molar-refractivity contribution in [3.63, 3.8) is 0 Å². The fraction of sp³-hybridized carbons (Fsp3) is 0.286. The van der Waals surface area contributed by atoms with Gasteiger partial charge in [0.1, 0.15) is 12.7 Å². The Morgan fingerprint density at radius 2 is 1.96 bits per heavy atom. The standard InChI is InChI=1S/C21H24N4O/c1-4-7-19-11-16(3)12-20(8-5-2)25(19)21(26)17-9-6-10-18(13-17)24-14-22-23-15-24/h4-6,9-11,13-15,19-20H,1-2,7-8,12H2,3H3/t19-,20-/m1/s1. The molecule has 0 saturated heterocycles. The van der Waals surface area contributed by atoms with E-state index in [1.807, 2.05) is 41.3 Å². The van der Waals surface area contributed by atoms with Gasteiger partial charge in [0.25, 0.3) is 5.91 Å². The minimum atomic E-state index is 0.0252. The van der Waals surface area contributed by atoms with Crippen LogP contribution in [0.15, 0.2) is 73.9 Å². The Bertz CT molecular complexity index is 822. The Morgan fingerprint density at radius 3 is 2.65 bits per heavy atom. The van der Waals surface area contributed by atoms with Gasteiger partial charge in [-0.15, -0.1) is 23.4 Å². The van der Waals surface area contributed by atoms with Crippen LogP contribution in [0.2, 0.25) is 0 Å². The lowest BCUT2D eigenvalue weighted by atomic mass is 9.91. The zero-order valence-corrected chi connectivity index (χ0v) is 15.1. The first kappa shape index (κ1) is 17.9. The van der Waals surface area contributed by atoms with Gasteiger partial charge in [-0.3, -0.25) is 9.36 Å². The summed E-state index contributed by atoms with van der Waals surface area (Å²) in [6, 6.07) is 7.71. The molecule has 0 aliphatic carbocycles. The summed E-state index contributed by atoms with van der Waals surface area (Å²) in [5, 5.41) is 7.66. The van der Waals surface area contributed by atoms with Crippen LogP contribution in [-0.4, -0.2) is 37.7 Å². The van der Waals surface area contributed by atoms with Gasteiger partial charge in [0, 0.05) is 17.3 Å². The Hall–Kier alpha value is -2.95. The molecule has 2 atom stereocenters. The van der Waals surface area contributed by atoms with Gasteiger partial charge in [-0.25, -0.2) is 0 Å². The predicted octanol–water partition coefficient (Wildman–Crippen LogP) is 3.95.